The zero-order chi connectivity index (χ0) is 31.6. The number of thiophene rings is 1. The molecule has 1 aromatic carbocycles. The molecule has 0 spiro atoms. The van der Waals surface area contributed by atoms with Crippen LogP contribution in [0.1, 0.15) is 78.6 Å². The highest BCUT2D eigenvalue weighted by atomic mass is 32.1. The second kappa shape index (κ2) is 16.5. The molecule has 1 saturated heterocycles. The van der Waals surface area contributed by atoms with Crippen LogP contribution < -0.4 is 10.6 Å². The first kappa shape index (κ1) is 34.1. The van der Waals surface area contributed by atoms with Gasteiger partial charge in [-0.1, -0.05) is 37.8 Å². The van der Waals surface area contributed by atoms with E-state index in [1.807, 2.05) is 22.4 Å². The van der Waals surface area contributed by atoms with E-state index in [0.29, 0.717) is 25.6 Å². The van der Waals surface area contributed by atoms with Gasteiger partial charge in [0.2, 0.25) is 11.8 Å². The molecule has 3 amide bonds. The van der Waals surface area contributed by atoms with Crippen LogP contribution in [0.2, 0.25) is 0 Å². The van der Waals surface area contributed by atoms with Crippen molar-refractivity contribution >= 4 is 29.1 Å². The first-order valence-electron chi connectivity index (χ1n) is 16.2. The number of unbranched alkanes of at least 4 members (excludes halogenated alkanes) is 1. The highest BCUT2D eigenvalue weighted by Crippen LogP contribution is 2.27. The number of nitrogens with zero attached hydrogens (tertiary/aromatic N) is 3. The Hall–Kier alpha value is -2.82. The smallest absolute Gasteiger partial charge is 0.254 e. The maximum atomic E-state index is 14.6. The largest absolute Gasteiger partial charge is 0.351 e. The zero-order valence-electron chi connectivity index (χ0n) is 26.8. The Kier molecular flexibility index (Phi) is 12.8. The molecule has 3 atom stereocenters. The average Bonchev–Trinajstić information content (AvgIpc) is 3.53. The molecule has 2 N–H and O–H groups in total. The summed E-state index contributed by atoms with van der Waals surface area (Å²) in [6.07, 6.45) is 9.01. The van der Waals surface area contributed by atoms with Gasteiger partial charge in [0, 0.05) is 30.1 Å². The number of amides is 3. The fraction of sp³-hybridized carbons (Fsp3) is 0.618. The van der Waals surface area contributed by atoms with Crippen molar-refractivity contribution < 1.29 is 18.8 Å². The van der Waals surface area contributed by atoms with Crippen molar-refractivity contribution in [2.75, 3.05) is 40.8 Å². The summed E-state index contributed by atoms with van der Waals surface area (Å²) in [7, 11) is 6.23. The van der Waals surface area contributed by atoms with Crippen molar-refractivity contribution in [2.45, 2.75) is 89.4 Å². The van der Waals surface area contributed by atoms with E-state index in [9.17, 15) is 18.8 Å². The quantitative estimate of drug-likeness (QED) is 0.311. The molecule has 0 radical (unpaired) electrons. The van der Waals surface area contributed by atoms with E-state index in [0.717, 1.165) is 49.1 Å². The van der Waals surface area contributed by atoms with Gasteiger partial charge in [0.25, 0.3) is 5.91 Å². The van der Waals surface area contributed by atoms with E-state index in [1.54, 1.807) is 24.3 Å². The SMILES string of the molecule is Cc1ccc(C(=O)N[C@@H]2CCN(C(=O)[C@@H](CCCCN(C)C)N(C)C3CCCCC3)C[C@@H]2C(=O)NCc2cccs2)c(F)c1. The van der Waals surface area contributed by atoms with Gasteiger partial charge in [-0.3, -0.25) is 19.3 Å². The minimum atomic E-state index is -0.653. The first-order chi connectivity index (χ1) is 21.1. The van der Waals surface area contributed by atoms with Gasteiger partial charge >= 0.3 is 0 Å². The summed E-state index contributed by atoms with van der Waals surface area (Å²) in [5, 5.41) is 7.93. The van der Waals surface area contributed by atoms with Gasteiger partial charge in [0.05, 0.1) is 24.1 Å². The fourth-order valence-corrected chi connectivity index (χ4v) is 7.22. The number of hydrogen-bond donors (Lipinski definition) is 2. The number of likely N-dealkylation sites (tertiary alicyclic amines) is 1. The molecule has 242 valence electrons. The van der Waals surface area contributed by atoms with Crippen molar-refractivity contribution in [3.8, 4) is 0 Å². The maximum Gasteiger partial charge on any atom is 0.254 e. The molecular formula is C34H50FN5O3S. The molecular weight excluding hydrogens is 577 g/mol. The van der Waals surface area contributed by atoms with Crippen LogP contribution in [0.15, 0.2) is 35.7 Å². The van der Waals surface area contributed by atoms with Gasteiger partial charge in [-0.05, 0) is 95.9 Å². The minimum Gasteiger partial charge on any atom is -0.351 e. The molecule has 0 unspecified atom stereocenters. The molecule has 2 heterocycles. The lowest BCUT2D eigenvalue weighted by atomic mass is 9.89. The van der Waals surface area contributed by atoms with Crippen molar-refractivity contribution in [2.24, 2.45) is 5.92 Å². The van der Waals surface area contributed by atoms with Crippen LogP contribution in [-0.4, -0.2) is 91.3 Å². The molecule has 2 aromatic rings. The Bertz CT molecular complexity index is 1230. The molecule has 44 heavy (non-hydrogen) atoms. The number of rotatable bonds is 13. The van der Waals surface area contributed by atoms with Crippen molar-refractivity contribution in [1.29, 1.82) is 0 Å². The Morgan fingerprint density at radius 2 is 1.84 bits per heavy atom. The van der Waals surface area contributed by atoms with Crippen LogP contribution in [0.5, 0.6) is 0 Å². The van der Waals surface area contributed by atoms with Crippen LogP contribution in [0, 0.1) is 18.7 Å². The van der Waals surface area contributed by atoms with Crippen molar-refractivity contribution in [1.82, 2.24) is 25.3 Å². The number of carbonyl (C=O) groups is 3. The summed E-state index contributed by atoms with van der Waals surface area (Å²) >= 11 is 1.56. The lowest BCUT2D eigenvalue weighted by Gasteiger charge is -2.42. The van der Waals surface area contributed by atoms with Gasteiger partial charge in [0.15, 0.2) is 0 Å². The lowest BCUT2D eigenvalue weighted by Crippen LogP contribution is -2.60. The first-order valence-corrected chi connectivity index (χ1v) is 17.0. The number of benzene rings is 1. The Morgan fingerprint density at radius 3 is 2.52 bits per heavy atom. The average molecular weight is 628 g/mol. The number of hydrogen-bond acceptors (Lipinski definition) is 6. The number of piperidine rings is 1. The number of aryl methyl sites for hydroxylation is 1. The van der Waals surface area contributed by atoms with E-state index in [4.69, 9.17) is 0 Å². The zero-order valence-corrected chi connectivity index (χ0v) is 27.6. The number of carbonyl (C=O) groups excluding carboxylic acids is 3. The number of likely N-dealkylation sites (N-methyl/N-ethyl adjacent to an activating group) is 1. The van der Waals surface area contributed by atoms with E-state index < -0.39 is 23.7 Å². The molecule has 1 aromatic heterocycles. The molecule has 2 fully saturated rings. The molecule has 1 saturated carbocycles. The highest BCUT2D eigenvalue weighted by molar-refractivity contribution is 7.09. The van der Waals surface area contributed by atoms with Crippen LogP contribution in [0.3, 0.4) is 0 Å². The van der Waals surface area contributed by atoms with Crippen LogP contribution in [0.25, 0.3) is 0 Å². The van der Waals surface area contributed by atoms with Gasteiger partial charge in [-0.2, -0.15) is 0 Å². The van der Waals surface area contributed by atoms with Gasteiger partial charge < -0.3 is 20.4 Å². The summed E-state index contributed by atoms with van der Waals surface area (Å²) in [4.78, 5) is 48.4. The lowest BCUT2D eigenvalue weighted by molar-refractivity contribution is -0.142. The maximum absolute atomic E-state index is 14.6. The Morgan fingerprint density at radius 1 is 1.07 bits per heavy atom. The minimum absolute atomic E-state index is 0.0428. The number of nitrogens with one attached hydrogen (secondary N) is 2. The van der Waals surface area contributed by atoms with Gasteiger partial charge in [-0.15, -0.1) is 11.3 Å². The molecule has 1 aliphatic heterocycles. The normalized spacial score (nSPS) is 20.1. The second-order valence-corrected chi connectivity index (χ2v) is 13.8. The standard InChI is InChI=1S/C34H50FN5O3S/c1-24-15-16-27(29(35)21-24)33(42)37-30-17-19-40(23-28(30)32(41)36-22-26-13-10-20-44-26)34(43)31(14-8-9-18-38(2)3)39(4)25-11-6-5-7-12-25/h10,13,15-16,20-21,25,28,30-31H,5-9,11-12,14,17-19,22-23H2,1-4H3,(H,36,41)(H,37,42)/t28-,30+,31+/m0/s1. The molecule has 1 aliphatic carbocycles. The number of halogens is 1. The molecule has 10 heteroatoms. The summed E-state index contributed by atoms with van der Waals surface area (Å²) in [5.41, 5.74) is 0.685. The molecule has 8 nitrogen and oxygen atoms in total. The monoisotopic (exact) mass is 627 g/mol. The Balaban J connectivity index is 1.50. The van der Waals surface area contributed by atoms with E-state index in [2.05, 4.69) is 41.6 Å². The van der Waals surface area contributed by atoms with E-state index >= 15 is 0 Å². The molecule has 4 rings (SSSR count). The van der Waals surface area contributed by atoms with Gasteiger partial charge in [0.1, 0.15) is 5.82 Å². The Labute approximate surface area is 266 Å². The third-order valence-corrected chi connectivity index (χ3v) is 10.1. The summed E-state index contributed by atoms with van der Waals surface area (Å²) < 4.78 is 14.6. The van der Waals surface area contributed by atoms with Crippen molar-refractivity contribution in [3.63, 3.8) is 0 Å². The van der Waals surface area contributed by atoms with E-state index in [1.165, 1.54) is 31.4 Å². The third kappa shape index (κ3) is 9.34. The highest BCUT2D eigenvalue weighted by Gasteiger charge is 2.40. The van der Waals surface area contributed by atoms with Crippen LogP contribution in [-0.2, 0) is 16.1 Å². The molecule has 0 bridgehead atoms. The fourth-order valence-electron chi connectivity index (χ4n) is 6.58. The predicted molar refractivity (Wildman–Crippen MR) is 174 cm³/mol. The topological polar surface area (TPSA) is 85.0 Å². The van der Waals surface area contributed by atoms with E-state index in [-0.39, 0.29) is 30.0 Å². The summed E-state index contributed by atoms with van der Waals surface area (Å²) in [6.45, 7) is 3.78. The predicted octanol–water partition coefficient (Wildman–Crippen LogP) is 4.82. The molecule has 2 aliphatic rings. The second-order valence-electron chi connectivity index (χ2n) is 12.8. The van der Waals surface area contributed by atoms with Crippen LogP contribution in [0.4, 0.5) is 4.39 Å². The van der Waals surface area contributed by atoms with Crippen molar-refractivity contribution in [3.05, 3.63) is 57.5 Å². The van der Waals surface area contributed by atoms with Crippen LogP contribution >= 0.6 is 11.3 Å². The summed E-state index contributed by atoms with van der Waals surface area (Å²) in [6, 6.07) is 8.03. The summed E-state index contributed by atoms with van der Waals surface area (Å²) in [5.74, 6) is -1.93. The van der Waals surface area contributed by atoms with Gasteiger partial charge in [-0.25, -0.2) is 4.39 Å². The third-order valence-electron chi connectivity index (χ3n) is 9.22.